The number of nitrogens with zero attached hydrogens (tertiary/aromatic N) is 1. The first kappa shape index (κ1) is 13.3. The highest BCUT2D eigenvalue weighted by Crippen LogP contribution is 2.30. The molecular weight excluding hydrogens is 288 g/mol. The smallest absolute Gasteiger partial charge is 0.255 e. The monoisotopic (exact) mass is 302 g/mol. The fraction of sp³-hybridized carbons (Fsp3) is 0. The number of hydrogen-bond acceptors (Lipinski definition) is 3. The number of aromatic nitrogens is 2. The highest BCUT2D eigenvalue weighted by molar-refractivity contribution is 6.15. The van der Waals surface area contributed by atoms with Crippen LogP contribution in [0.5, 0.6) is 0 Å². The molecule has 2 heterocycles. The predicted octanol–water partition coefficient (Wildman–Crippen LogP) is 3.55. The highest BCUT2D eigenvalue weighted by Gasteiger charge is 2.11. The number of rotatable bonds is 2. The Morgan fingerprint density at radius 1 is 1.04 bits per heavy atom. The fourth-order valence-corrected chi connectivity index (χ4v) is 2.73. The summed E-state index contributed by atoms with van der Waals surface area (Å²) in [6.45, 7) is 0. The van der Waals surface area contributed by atoms with E-state index < -0.39 is 0 Å². The summed E-state index contributed by atoms with van der Waals surface area (Å²) in [5.74, 6) is 0.325. The summed E-state index contributed by atoms with van der Waals surface area (Å²) in [6, 6.07) is 16.7. The minimum absolute atomic E-state index is 0.144. The van der Waals surface area contributed by atoms with Gasteiger partial charge in [0.1, 0.15) is 5.82 Å². The molecule has 0 atom stereocenters. The zero-order chi connectivity index (χ0) is 15.8. The van der Waals surface area contributed by atoms with E-state index in [0.717, 1.165) is 27.5 Å². The molecule has 4 aromatic rings. The van der Waals surface area contributed by atoms with Crippen molar-refractivity contribution >= 4 is 39.2 Å². The lowest BCUT2D eigenvalue weighted by atomic mass is 10.1. The third-order valence-corrected chi connectivity index (χ3v) is 3.82. The lowest BCUT2D eigenvalue weighted by Crippen LogP contribution is -2.11. The van der Waals surface area contributed by atoms with E-state index in [9.17, 15) is 4.79 Å². The van der Waals surface area contributed by atoms with Gasteiger partial charge in [0.05, 0.1) is 22.9 Å². The first-order valence-electron chi connectivity index (χ1n) is 7.25. The molecule has 0 saturated carbocycles. The summed E-state index contributed by atoms with van der Waals surface area (Å²) in [7, 11) is 0. The molecule has 0 bridgehead atoms. The average molecular weight is 302 g/mol. The number of benzene rings is 2. The number of pyridine rings is 1. The van der Waals surface area contributed by atoms with Crippen LogP contribution in [0.25, 0.3) is 21.8 Å². The maximum absolute atomic E-state index is 12.4. The van der Waals surface area contributed by atoms with Crippen LogP contribution in [-0.4, -0.2) is 15.9 Å². The SMILES string of the molecule is Nc1cc2c(cn1)[nH]c1c(NC(=O)c3ccccc3)cccc12. The fourth-order valence-electron chi connectivity index (χ4n) is 2.73. The van der Waals surface area contributed by atoms with Gasteiger partial charge in [-0.15, -0.1) is 0 Å². The summed E-state index contributed by atoms with van der Waals surface area (Å²) < 4.78 is 0. The number of nitrogen functional groups attached to an aromatic ring is 1. The molecule has 5 nitrogen and oxygen atoms in total. The Kier molecular flexibility index (Phi) is 2.98. The second-order valence-electron chi connectivity index (χ2n) is 5.33. The van der Waals surface area contributed by atoms with Crippen molar-refractivity contribution in [3.05, 3.63) is 66.4 Å². The summed E-state index contributed by atoms with van der Waals surface area (Å²) in [5, 5.41) is 4.94. The Hall–Kier alpha value is -3.34. The first-order chi connectivity index (χ1) is 11.2. The van der Waals surface area contributed by atoms with E-state index in [4.69, 9.17) is 5.73 Å². The average Bonchev–Trinajstić information content (AvgIpc) is 2.95. The Morgan fingerprint density at radius 2 is 1.87 bits per heavy atom. The van der Waals surface area contributed by atoms with E-state index in [0.29, 0.717) is 11.4 Å². The maximum atomic E-state index is 12.4. The molecule has 0 fully saturated rings. The molecule has 4 rings (SSSR count). The number of para-hydroxylation sites is 1. The summed E-state index contributed by atoms with van der Waals surface area (Å²) >= 11 is 0. The number of H-pyrrole nitrogens is 1. The number of anilines is 2. The van der Waals surface area contributed by atoms with Crippen molar-refractivity contribution in [3.63, 3.8) is 0 Å². The third-order valence-electron chi connectivity index (χ3n) is 3.82. The molecule has 0 unspecified atom stereocenters. The minimum Gasteiger partial charge on any atom is -0.384 e. The lowest BCUT2D eigenvalue weighted by molar-refractivity contribution is 0.102. The van der Waals surface area contributed by atoms with E-state index >= 15 is 0 Å². The van der Waals surface area contributed by atoms with Gasteiger partial charge < -0.3 is 16.0 Å². The summed E-state index contributed by atoms with van der Waals surface area (Å²) in [6.07, 6.45) is 1.70. The molecule has 2 aromatic carbocycles. The molecule has 1 amide bonds. The molecule has 4 N–H and O–H groups in total. The molecule has 2 aromatic heterocycles. The Labute approximate surface area is 132 Å². The van der Waals surface area contributed by atoms with Gasteiger partial charge in [0.25, 0.3) is 5.91 Å². The molecule has 112 valence electrons. The van der Waals surface area contributed by atoms with Crippen LogP contribution in [0.4, 0.5) is 11.5 Å². The normalized spacial score (nSPS) is 11.0. The lowest BCUT2D eigenvalue weighted by Gasteiger charge is -2.06. The molecule has 0 aliphatic carbocycles. The summed E-state index contributed by atoms with van der Waals surface area (Å²) in [4.78, 5) is 19.8. The van der Waals surface area contributed by atoms with Crippen molar-refractivity contribution in [2.24, 2.45) is 0 Å². The quantitative estimate of drug-likeness (QED) is 0.529. The maximum Gasteiger partial charge on any atom is 0.255 e. The Balaban J connectivity index is 1.81. The minimum atomic E-state index is -0.144. The van der Waals surface area contributed by atoms with Crippen molar-refractivity contribution in [2.45, 2.75) is 0 Å². The van der Waals surface area contributed by atoms with Crippen LogP contribution in [0.3, 0.4) is 0 Å². The van der Waals surface area contributed by atoms with Crippen LogP contribution in [0.1, 0.15) is 10.4 Å². The molecule has 0 spiro atoms. The largest absolute Gasteiger partial charge is 0.384 e. The highest BCUT2D eigenvalue weighted by atomic mass is 16.1. The first-order valence-corrected chi connectivity index (χ1v) is 7.25. The third kappa shape index (κ3) is 2.28. The van der Waals surface area contributed by atoms with E-state index in [1.54, 1.807) is 18.3 Å². The van der Waals surface area contributed by atoms with Gasteiger partial charge in [0.15, 0.2) is 0 Å². The number of nitrogens with two attached hydrogens (primary N) is 1. The van der Waals surface area contributed by atoms with E-state index in [2.05, 4.69) is 15.3 Å². The van der Waals surface area contributed by atoms with E-state index in [-0.39, 0.29) is 5.91 Å². The van der Waals surface area contributed by atoms with Crippen LogP contribution >= 0.6 is 0 Å². The number of nitrogens with one attached hydrogen (secondary N) is 2. The zero-order valence-corrected chi connectivity index (χ0v) is 12.2. The van der Waals surface area contributed by atoms with Gasteiger partial charge in [0.2, 0.25) is 0 Å². The van der Waals surface area contributed by atoms with Gasteiger partial charge in [-0.25, -0.2) is 4.98 Å². The number of carbonyl (C=O) groups is 1. The number of aromatic amines is 1. The van der Waals surface area contributed by atoms with Gasteiger partial charge in [-0.05, 0) is 24.3 Å². The van der Waals surface area contributed by atoms with Crippen molar-refractivity contribution in [2.75, 3.05) is 11.1 Å². The van der Waals surface area contributed by atoms with Crippen LogP contribution < -0.4 is 11.1 Å². The topological polar surface area (TPSA) is 83.8 Å². The van der Waals surface area contributed by atoms with Crippen molar-refractivity contribution in [1.29, 1.82) is 0 Å². The number of amides is 1. The number of fused-ring (bicyclic) bond motifs is 3. The predicted molar refractivity (Wildman–Crippen MR) is 92.4 cm³/mol. The molecule has 23 heavy (non-hydrogen) atoms. The second kappa shape index (κ2) is 5.14. The van der Waals surface area contributed by atoms with Gasteiger partial charge >= 0.3 is 0 Å². The Bertz CT molecular complexity index is 1020. The molecule has 0 aliphatic heterocycles. The van der Waals surface area contributed by atoms with Crippen LogP contribution in [0, 0.1) is 0 Å². The van der Waals surface area contributed by atoms with Crippen LogP contribution in [0.2, 0.25) is 0 Å². The van der Waals surface area contributed by atoms with Crippen molar-refractivity contribution < 1.29 is 4.79 Å². The summed E-state index contributed by atoms with van der Waals surface area (Å²) in [5.41, 5.74) is 8.86. The molecule has 0 saturated heterocycles. The van der Waals surface area contributed by atoms with Crippen molar-refractivity contribution in [1.82, 2.24) is 9.97 Å². The van der Waals surface area contributed by atoms with Gasteiger partial charge in [-0.2, -0.15) is 0 Å². The van der Waals surface area contributed by atoms with Crippen LogP contribution in [0.15, 0.2) is 60.8 Å². The van der Waals surface area contributed by atoms with Crippen LogP contribution in [-0.2, 0) is 0 Å². The van der Waals surface area contributed by atoms with E-state index in [1.165, 1.54) is 0 Å². The second-order valence-corrected chi connectivity index (χ2v) is 5.33. The van der Waals surface area contributed by atoms with Gasteiger partial charge in [0, 0.05) is 16.3 Å². The van der Waals surface area contributed by atoms with Crippen molar-refractivity contribution in [3.8, 4) is 0 Å². The standard InChI is InChI=1S/C18H14N4O/c19-16-9-13-12-7-4-8-14(17(12)21-15(13)10-20-16)22-18(23)11-5-2-1-3-6-11/h1-10,21H,(H2,19,20)(H,22,23). The molecule has 0 aliphatic rings. The zero-order valence-electron chi connectivity index (χ0n) is 12.2. The molecule has 0 radical (unpaired) electrons. The van der Waals surface area contributed by atoms with Gasteiger partial charge in [-0.1, -0.05) is 30.3 Å². The number of hydrogen-bond donors (Lipinski definition) is 3. The van der Waals surface area contributed by atoms with Gasteiger partial charge in [-0.3, -0.25) is 4.79 Å². The van der Waals surface area contributed by atoms with E-state index in [1.807, 2.05) is 42.5 Å². The number of carbonyl (C=O) groups excluding carboxylic acids is 1. The molecule has 5 heteroatoms. The Morgan fingerprint density at radius 3 is 2.70 bits per heavy atom. The molecular formula is C18H14N4O.